The van der Waals surface area contributed by atoms with Crippen molar-refractivity contribution in [1.82, 2.24) is 0 Å². The normalized spacial score (nSPS) is 26.4. The maximum Gasteiger partial charge on any atom is 0.338 e. The lowest BCUT2D eigenvalue weighted by Gasteiger charge is -2.37. The monoisotopic (exact) mass is 564 g/mol. The number of benzene rings is 3. The zero-order chi connectivity index (χ0) is 29.1. The van der Waals surface area contributed by atoms with Gasteiger partial charge in [0.2, 0.25) is 11.8 Å². The lowest BCUT2D eigenvalue weighted by atomic mass is 9.63. The van der Waals surface area contributed by atoms with Crippen LogP contribution in [0, 0.1) is 45.6 Å². The van der Waals surface area contributed by atoms with E-state index in [2.05, 4.69) is 12.2 Å². The predicted octanol–water partition coefficient (Wildman–Crippen LogP) is 4.98. The van der Waals surface area contributed by atoms with Crippen molar-refractivity contribution in [2.24, 2.45) is 35.5 Å². The van der Waals surface area contributed by atoms with Crippen LogP contribution in [0.1, 0.15) is 27.1 Å². The number of imide groups is 1. The Hall–Kier alpha value is -5.12. The van der Waals surface area contributed by atoms with Gasteiger partial charge in [-0.2, -0.15) is 0 Å². The molecule has 2 saturated carbocycles. The summed E-state index contributed by atoms with van der Waals surface area (Å²) in [5, 5.41) is 10.8. The second-order valence-corrected chi connectivity index (χ2v) is 11.1. The van der Waals surface area contributed by atoms with E-state index < -0.39 is 23.3 Å². The molecule has 0 N–H and O–H groups in total. The summed E-state index contributed by atoms with van der Waals surface area (Å²) in [4.78, 5) is 63.8. The van der Waals surface area contributed by atoms with Gasteiger partial charge in [0.25, 0.3) is 5.69 Å². The SMILES string of the molecule is O=C(COC(=O)c1cccc(N2C(=O)[C@@H]3[C@H]4C=C[C@H]([C@H]5C[C@H]45)[C@@H]3C2=O)c1)c1ccc(Oc2ccc([N+](=O)[O-])cc2)cc1. The van der Waals surface area contributed by atoms with Crippen molar-refractivity contribution in [2.75, 3.05) is 11.5 Å². The van der Waals surface area contributed by atoms with Crippen molar-refractivity contribution in [3.63, 3.8) is 0 Å². The number of rotatable bonds is 8. The number of esters is 1. The zero-order valence-corrected chi connectivity index (χ0v) is 22.1. The van der Waals surface area contributed by atoms with Crippen molar-refractivity contribution >= 4 is 34.9 Å². The third-order valence-electron chi connectivity index (χ3n) is 8.80. The molecule has 5 aliphatic rings. The summed E-state index contributed by atoms with van der Waals surface area (Å²) < 4.78 is 10.9. The summed E-state index contributed by atoms with van der Waals surface area (Å²) >= 11 is 0. The second-order valence-electron chi connectivity index (χ2n) is 11.1. The Bertz CT molecular complexity index is 1640. The van der Waals surface area contributed by atoms with Gasteiger partial charge in [0.1, 0.15) is 11.5 Å². The van der Waals surface area contributed by atoms with Gasteiger partial charge in [-0.15, -0.1) is 0 Å². The molecule has 1 heterocycles. The van der Waals surface area contributed by atoms with Crippen LogP contribution in [0.25, 0.3) is 0 Å². The van der Waals surface area contributed by atoms with Gasteiger partial charge in [-0.3, -0.25) is 24.5 Å². The Morgan fingerprint density at radius 3 is 2.02 bits per heavy atom. The fraction of sp³-hybridized carbons (Fsp3) is 0.250. The Labute approximate surface area is 239 Å². The molecule has 1 saturated heterocycles. The first-order chi connectivity index (χ1) is 20.3. The van der Waals surface area contributed by atoms with Gasteiger partial charge in [-0.05, 0) is 84.7 Å². The highest BCUT2D eigenvalue weighted by atomic mass is 16.6. The number of ketones is 1. The molecule has 10 heteroatoms. The molecule has 210 valence electrons. The van der Waals surface area contributed by atoms with Crippen LogP contribution in [-0.2, 0) is 14.3 Å². The van der Waals surface area contributed by atoms with Gasteiger partial charge in [0.15, 0.2) is 12.4 Å². The topological polar surface area (TPSA) is 133 Å². The largest absolute Gasteiger partial charge is 0.457 e. The number of anilines is 1. The lowest BCUT2D eigenvalue weighted by Crippen LogP contribution is -2.40. The third kappa shape index (κ3) is 4.27. The number of nitrogens with zero attached hydrogens (tertiary/aromatic N) is 2. The molecule has 3 aromatic rings. The number of non-ortho nitro benzene ring substituents is 1. The number of carbonyl (C=O) groups excluding carboxylic acids is 4. The van der Waals surface area contributed by atoms with Crippen molar-refractivity contribution < 1.29 is 33.6 Å². The Morgan fingerprint density at radius 1 is 0.833 bits per heavy atom. The van der Waals surface area contributed by atoms with Crippen LogP contribution in [0.15, 0.2) is 84.9 Å². The molecule has 6 atom stereocenters. The minimum atomic E-state index is -0.747. The minimum Gasteiger partial charge on any atom is -0.457 e. The van der Waals surface area contributed by atoms with E-state index in [1.54, 1.807) is 24.3 Å². The molecule has 0 spiro atoms. The van der Waals surface area contributed by atoms with Gasteiger partial charge in [-0.25, -0.2) is 9.69 Å². The molecule has 1 aliphatic heterocycles. The smallest absolute Gasteiger partial charge is 0.338 e. The van der Waals surface area contributed by atoms with Gasteiger partial charge in [0, 0.05) is 17.7 Å². The molecule has 2 amide bonds. The fourth-order valence-electron chi connectivity index (χ4n) is 6.76. The van der Waals surface area contributed by atoms with Gasteiger partial charge < -0.3 is 9.47 Å². The molecule has 42 heavy (non-hydrogen) atoms. The second kappa shape index (κ2) is 9.76. The molecule has 0 radical (unpaired) electrons. The van der Waals surface area contributed by atoms with E-state index in [1.165, 1.54) is 53.4 Å². The Morgan fingerprint density at radius 2 is 1.43 bits per heavy atom. The van der Waals surface area contributed by atoms with E-state index in [0.29, 0.717) is 34.6 Å². The van der Waals surface area contributed by atoms with Crippen LogP contribution >= 0.6 is 0 Å². The number of amides is 2. The summed E-state index contributed by atoms with van der Waals surface area (Å²) in [5.41, 5.74) is 0.703. The first kappa shape index (κ1) is 25.8. The average molecular weight is 565 g/mol. The number of Topliss-reactive ketones (excluding diaryl/α,β-unsaturated/α-hetero) is 1. The molecule has 0 aromatic heterocycles. The molecule has 0 unspecified atom stereocenters. The Kier molecular flexibility index (Phi) is 6.00. The van der Waals surface area contributed by atoms with E-state index in [4.69, 9.17) is 9.47 Å². The zero-order valence-electron chi connectivity index (χ0n) is 22.1. The molecule has 4 aliphatic carbocycles. The highest BCUT2D eigenvalue weighted by Crippen LogP contribution is 2.65. The van der Waals surface area contributed by atoms with E-state index in [-0.39, 0.29) is 46.7 Å². The summed E-state index contributed by atoms with van der Waals surface area (Å²) in [6, 6.07) is 17.9. The first-order valence-corrected chi connectivity index (χ1v) is 13.7. The number of hydrogen-bond acceptors (Lipinski definition) is 8. The van der Waals surface area contributed by atoms with Crippen molar-refractivity contribution in [1.29, 1.82) is 0 Å². The van der Waals surface area contributed by atoms with E-state index in [1.807, 2.05) is 0 Å². The van der Waals surface area contributed by atoms with Crippen LogP contribution in [0.3, 0.4) is 0 Å². The Balaban J connectivity index is 0.978. The van der Waals surface area contributed by atoms with Crippen LogP contribution in [0.5, 0.6) is 11.5 Å². The molecule has 10 nitrogen and oxygen atoms in total. The molecular formula is C32H24N2O8. The van der Waals surface area contributed by atoms with E-state index in [0.717, 1.165) is 6.42 Å². The number of nitro benzene ring substituents is 1. The van der Waals surface area contributed by atoms with Crippen molar-refractivity contribution in [2.45, 2.75) is 6.42 Å². The molecule has 3 aromatic carbocycles. The van der Waals surface area contributed by atoms with Crippen LogP contribution in [0.4, 0.5) is 11.4 Å². The molecule has 2 bridgehead atoms. The van der Waals surface area contributed by atoms with Crippen molar-refractivity contribution in [3.05, 3.63) is 106 Å². The average Bonchev–Trinajstić information content (AvgIpc) is 3.79. The predicted molar refractivity (Wildman–Crippen MR) is 148 cm³/mol. The van der Waals surface area contributed by atoms with Gasteiger partial charge >= 0.3 is 5.97 Å². The molecule has 3 fully saturated rings. The number of allylic oxidation sites excluding steroid dienone is 2. The summed E-state index contributed by atoms with van der Waals surface area (Å²) in [6.07, 6.45) is 5.30. The third-order valence-corrected chi connectivity index (χ3v) is 8.80. The van der Waals surface area contributed by atoms with E-state index >= 15 is 0 Å². The first-order valence-electron chi connectivity index (χ1n) is 13.7. The number of nitro groups is 1. The van der Waals surface area contributed by atoms with Crippen molar-refractivity contribution in [3.8, 4) is 11.5 Å². The minimum absolute atomic E-state index is 0.0549. The van der Waals surface area contributed by atoms with Crippen LogP contribution in [0.2, 0.25) is 0 Å². The maximum absolute atomic E-state index is 13.4. The van der Waals surface area contributed by atoms with Crippen LogP contribution in [-0.4, -0.2) is 35.1 Å². The lowest BCUT2D eigenvalue weighted by molar-refractivity contribution is -0.384. The summed E-state index contributed by atoms with van der Waals surface area (Å²) in [5.74, 6) is -0.264. The summed E-state index contributed by atoms with van der Waals surface area (Å²) in [6.45, 7) is -0.505. The number of ether oxygens (including phenoxy) is 2. The fourth-order valence-corrected chi connectivity index (χ4v) is 6.76. The van der Waals surface area contributed by atoms with Gasteiger partial charge in [-0.1, -0.05) is 18.2 Å². The number of carbonyl (C=O) groups is 4. The highest BCUT2D eigenvalue weighted by molar-refractivity contribution is 6.23. The quantitative estimate of drug-likeness (QED) is 0.0934. The highest BCUT2D eigenvalue weighted by Gasteiger charge is 2.67. The van der Waals surface area contributed by atoms with Gasteiger partial charge in [0.05, 0.1) is 28.0 Å². The van der Waals surface area contributed by atoms with E-state index in [9.17, 15) is 29.3 Å². The molecule has 8 rings (SSSR count). The maximum atomic E-state index is 13.4. The number of hydrogen-bond donors (Lipinski definition) is 0. The summed E-state index contributed by atoms with van der Waals surface area (Å²) in [7, 11) is 0. The standard InChI is InChI=1S/C32H24N2O8/c35-27(17-4-8-21(9-5-17)42-22-10-6-19(7-11-22)34(39)40)16-41-32(38)18-2-1-3-20(14-18)33-30(36)28-23-12-13-24(26-15-25(23)26)29(28)31(33)37/h1-14,23-26,28-29H,15-16H2/t23-,24+,25-,26-,28+,29-/m1/s1. The van der Waals surface area contributed by atoms with Crippen LogP contribution < -0.4 is 9.64 Å². The molecular weight excluding hydrogens is 540 g/mol.